The molecule has 0 N–H and O–H groups in total. The number of aromatic nitrogens is 1. The van der Waals surface area contributed by atoms with Gasteiger partial charge in [0.25, 0.3) is 0 Å². The molecule has 27 heavy (non-hydrogen) atoms. The van der Waals surface area contributed by atoms with E-state index in [1.54, 1.807) is 12.3 Å². The molecule has 2 heterocycles. The highest BCUT2D eigenvalue weighted by molar-refractivity contribution is 7.89. The van der Waals surface area contributed by atoms with Gasteiger partial charge in [0.1, 0.15) is 12.3 Å². The summed E-state index contributed by atoms with van der Waals surface area (Å²) in [7, 11) is -2.51. The molecular weight excluding hydrogens is 368 g/mol. The number of amides is 1. The molecule has 0 aliphatic carbocycles. The normalized spacial score (nSPS) is 13.6. The van der Waals surface area contributed by atoms with E-state index in [2.05, 4.69) is 4.98 Å². The maximum absolute atomic E-state index is 12.8. The topological polar surface area (TPSA) is 104 Å². The molecule has 0 fully saturated rings. The van der Waals surface area contributed by atoms with E-state index in [-0.39, 0.29) is 17.3 Å². The molecule has 1 aromatic carbocycles. The molecule has 1 aromatic heterocycles. The van der Waals surface area contributed by atoms with E-state index in [0.717, 1.165) is 9.87 Å². The standard InChI is InChI=1S/C18H18N4O4S/c1-13-9-16-18(20-11-13)26-8-7-22(16)17(23)12-21(2)27(24,25)15-5-3-14(10-19)4-6-15/h3-6,9,11H,7-8,12H2,1-2H3. The summed E-state index contributed by atoms with van der Waals surface area (Å²) in [5.41, 5.74) is 1.77. The summed E-state index contributed by atoms with van der Waals surface area (Å²) in [4.78, 5) is 18.4. The van der Waals surface area contributed by atoms with E-state index in [1.807, 2.05) is 13.0 Å². The van der Waals surface area contributed by atoms with Crippen LogP contribution in [-0.2, 0) is 14.8 Å². The predicted octanol–water partition coefficient (Wildman–Crippen LogP) is 1.31. The molecule has 2 aromatic rings. The van der Waals surface area contributed by atoms with Gasteiger partial charge in [0.2, 0.25) is 21.8 Å². The number of hydrogen-bond donors (Lipinski definition) is 0. The van der Waals surface area contributed by atoms with Gasteiger partial charge in [-0.1, -0.05) is 0 Å². The van der Waals surface area contributed by atoms with Crippen LogP contribution in [-0.4, -0.2) is 50.4 Å². The van der Waals surface area contributed by atoms with Crippen molar-refractivity contribution in [3.63, 3.8) is 0 Å². The lowest BCUT2D eigenvalue weighted by atomic mass is 10.2. The van der Waals surface area contributed by atoms with Crippen molar-refractivity contribution in [2.75, 3.05) is 31.6 Å². The van der Waals surface area contributed by atoms with Crippen LogP contribution in [0.5, 0.6) is 5.88 Å². The highest BCUT2D eigenvalue weighted by atomic mass is 32.2. The SMILES string of the molecule is Cc1cnc2c(c1)N(C(=O)CN(C)S(=O)(=O)c1ccc(C#N)cc1)CCO2. The van der Waals surface area contributed by atoms with Gasteiger partial charge in [-0.25, -0.2) is 13.4 Å². The van der Waals surface area contributed by atoms with Gasteiger partial charge in [-0.15, -0.1) is 0 Å². The monoisotopic (exact) mass is 386 g/mol. The van der Waals surface area contributed by atoms with Crippen LogP contribution in [0.15, 0.2) is 41.4 Å². The molecule has 0 radical (unpaired) electrons. The maximum atomic E-state index is 12.8. The summed E-state index contributed by atoms with van der Waals surface area (Å²) in [6.07, 6.45) is 1.65. The molecule has 3 rings (SSSR count). The van der Waals surface area contributed by atoms with E-state index in [9.17, 15) is 13.2 Å². The van der Waals surface area contributed by atoms with Gasteiger partial charge in [-0.05, 0) is 42.8 Å². The fourth-order valence-electron chi connectivity index (χ4n) is 2.70. The minimum atomic E-state index is -3.85. The smallest absolute Gasteiger partial charge is 0.243 e. The van der Waals surface area contributed by atoms with Crippen LogP contribution in [0.25, 0.3) is 0 Å². The third kappa shape index (κ3) is 3.77. The summed E-state index contributed by atoms with van der Waals surface area (Å²) < 4.78 is 31.8. The van der Waals surface area contributed by atoms with E-state index in [4.69, 9.17) is 10.00 Å². The Morgan fingerprint density at radius 3 is 2.74 bits per heavy atom. The number of hydrogen-bond acceptors (Lipinski definition) is 6. The summed E-state index contributed by atoms with van der Waals surface area (Å²) in [5, 5.41) is 8.83. The minimum Gasteiger partial charge on any atom is -0.474 e. The number of pyridine rings is 1. The molecule has 8 nitrogen and oxygen atoms in total. The average molecular weight is 386 g/mol. The van der Waals surface area contributed by atoms with Gasteiger partial charge >= 0.3 is 0 Å². The van der Waals surface area contributed by atoms with Crippen molar-refractivity contribution < 1.29 is 17.9 Å². The second kappa shape index (κ2) is 7.34. The number of fused-ring (bicyclic) bond motifs is 1. The third-order valence-corrected chi connectivity index (χ3v) is 5.98. The summed E-state index contributed by atoms with van der Waals surface area (Å²) >= 11 is 0. The number of carbonyl (C=O) groups is 1. The van der Waals surface area contributed by atoms with Crippen molar-refractivity contribution in [2.45, 2.75) is 11.8 Å². The van der Waals surface area contributed by atoms with Gasteiger partial charge in [0.15, 0.2) is 0 Å². The van der Waals surface area contributed by atoms with Crippen LogP contribution in [0.1, 0.15) is 11.1 Å². The van der Waals surface area contributed by atoms with Crippen LogP contribution in [0, 0.1) is 18.3 Å². The number of sulfonamides is 1. The number of anilines is 1. The number of carbonyl (C=O) groups excluding carboxylic acids is 1. The molecule has 1 aliphatic heterocycles. The van der Waals surface area contributed by atoms with Crippen LogP contribution >= 0.6 is 0 Å². The summed E-state index contributed by atoms with van der Waals surface area (Å²) in [5.74, 6) is -0.00975. The van der Waals surface area contributed by atoms with E-state index in [0.29, 0.717) is 30.3 Å². The molecule has 0 bridgehead atoms. The van der Waals surface area contributed by atoms with E-state index in [1.165, 1.54) is 36.2 Å². The number of nitriles is 1. The van der Waals surface area contributed by atoms with Crippen LogP contribution < -0.4 is 9.64 Å². The van der Waals surface area contributed by atoms with Gasteiger partial charge in [0, 0.05) is 13.2 Å². The zero-order valence-electron chi connectivity index (χ0n) is 14.9. The quantitative estimate of drug-likeness (QED) is 0.785. The molecule has 0 saturated carbocycles. The van der Waals surface area contributed by atoms with Crippen molar-refractivity contribution in [1.29, 1.82) is 5.26 Å². The Kier molecular flexibility index (Phi) is 5.12. The van der Waals surface area contributed by atoms with Crippen molar-refractivity contribution in [3.8, 4) is 11.9 Å². The Morgan fingerprint density at radius 2 is 2.07 bits per heavy atom. The Bertz CT molecular complexity index is 1010. The summed E-state index contributed by atoms with van der Waals surface area (Å²) in [6, 6.07) is 9.28. The van der Waals surface area contributed by atoms with Crippen molar-refractivity contribution >= 4 is 21.6 Å². The van der Waals surface area contributed by atoms with Crippen LogP contribution in [0.3, 0.4) is 0 Å². The number of nitrogens with zero attached hydrogens (tertiary/aromatic N) is 4. The molecular formula is C18H18N4O4S. The largest absolute Gasteiger partial charge is 0.474 e. The Morgan fingerprint density at radius 1 is 1.37 bits per heavy atom. The molecule has 140 valence electrons. The lowest BCUT2D eigenvalue weighted by Gasteiger charge is -2.30. The first-order valence-electron chi connectivity index (χ1n) is 8.19. The molecule has 9 heteroatoms. The van der Waals surface area contributed by atoms with E-state index < -0.39 is 10.0 Å². The van der Waals surface area contributed by atoms with Crippen LogP contribution in [0.2, 0.25) is 0 Å². The Labute approximate surface area is 157 Å². The predicted molar refractivity (Wildman–Crippen MR) is 97.8 cm³/mol. The third-order valence-electron chi connectivity index (χ3n) is 4.16. The van der Waals surface area contributed by atoms with Gasteiger partial charge in [-0.3, -0.25) is 4.79 Å². The molecule has 0 atom stereocenters. The lowest BCUT2D eigenvalue weighted by Crippen LogP contribution is -2.44. The number of rotatable bonds is 4. The van der Waals surface area contributed by atoms with Gasteiger partial charge in [0.05, 0.1) is 29.6 Å². The number of ether oxygens (including phenoxy) is 1. The zero-order valence-corrected chi connectivity index (χ0v) is 15.7. The van der Waals surface area contributed by atoms with Gasteiger partial charge < -0.3 is 9.64 Å². The first-order valence-corrected chi connectivity index (χ1v) is 9.63. The first kappa shape index (κ1) is 18.8. The molecule has 0 spiro atoms. The number of aryl methyl sites for hydroxylation is 1. The lowest BCUT2D eigenvalue weighted by molar-refractivity contribution is -0.118. The van der Waals surface area contributed by atoms with E-state index >= 15 is 0 Å². The summed E-state index contributed by atoms with van der Waals surface area (Å²) in [6.45, 7) is 2.14. The van der Waals surface area contributed by atoms with Crippen molar-refractivity contribution in [3.05, 3.63) is 47.7 Å². The zero-order chi connectivity index (χ0) is 19.6. The minimum absolute atomic E-state index is 0.0247. The molecule has 0 saturated heterocycles. The number of likely N-dealkylation sites (N-methyl/N-ethyl adjacent to an activating group) is 1. The molecule has 1 aliphatic rings. The molecule has 0 unspecified atom stereocenters. The molecule has 1 amide bonds. The van der Waals surface area contributed by atoms with Crippen LogP contribution in [0.4, 0.5) is 5.69 Å². The number of benzene rings is 1. The highest BCUT2D eigenvalue weighted by Crippen LogP contribution is 2.30. The fraction of sp³-hybridized carbons (Fsp3) is 0.278. The van der Waals surface area contributed by atoms with Crippen molar-refractivity contribution in [2.24, 2.45) is 0 Å². The maximum Gasteiger partial charge on any atom is 0.243 e. The second-order valence-electron chi connectivity index (χ2n) is 6.13. The average Bonchev–Trinajstić information content (AvgIpc) is 2.67. The highest BCUT2D eigenvalue weighted by Gasteiger charge is 2.29. The first-order chi connectivity index (χ1) is 12.8. The second-order valence-corrected chi connectivity index (χ2v) is 8.17. The fourth-order valence-corrected chi connectivity index (χ4v) is 3.82. The Balaban J connectivity index is 1.80. The Hall–Kier alpha value is -2.96. The van der Waals surface area contributed by atoms with Gasteiger partial charge in [-0.2, -0.15) is 9.57 Å². The van der Waals surface area contributed by atoms with Crippen molar-refractivity contribution in [1.82, 2.24) is 9.29 Å².